The maximum Gasteiger partial charge on any atom is 0.0928 e. The molecule has 3 nitrogen and oxygen atoms in total. The van der Waals surface area contributed by atoms with Crippen molar-refractivity contribution < 1.29 is 0 Å². The van der Waals surface area contributed by atoms with E-state index in [0.29, 0.717) is 0 Å². The second kappa shape index (κ2) is 11.6. The topological polar surface area (TPSA) is 38.7 Å². The number of aryl methyl sites for hydroxylation is 2. The van der Waals surface area contributed by atoms with Gasteiger partial charge in [0.1, 0.15) is 0 Å². The van der Waals surface area contributed by atoms with E-state index in [1.54, 1.807) is 0 Å². The Morgan fingerprint density at radius 1 is 0.320 bits per heavy atom. The second-order valence-electron chi connectivity index (χ2n) is 13.1. The van der Waals surface area contributed by atoms with Crippen molar-refractivity contribution in [3.63, 3.8) is 0 Å². The Balaban J connectivity index is 1.02. The molecule has 0 aliphatic heterocycles. The molecule has 3 aromatic heterocycles. The smallest absolute Gasteiger partial charge is 0.0928 e. The summed E-state index contributed by atoms with van der Waals surface area (Å²) >= 11 is 0. The number of fused-ring (bicyclic) bond motifs is 9. The minimum absolute atomic E-state index is 0.954. The second-order valence-corrected chi connectivity index (χ2v) is 13.1. The molecular weight excluding hydrogens is 607 g/mol. The quantitative estimate of drug-likeness (QED) is 0.180. The molecule has 0 unspecified atom stereocenters. The first-order valence-electron chi connectivity index (χ1n) is 17.2. The van der Waals surface area contributed by atoms with Crippen molar-refractivity contribution in [3.8, 4) is 56.3 Å². The fourth-order valence-electron chi connectivity index (χ4n) is 7.67. The number of aromatic nitrogens is 3. The van der Waals surface area contributed by atoms with Gasteiger partial charge in [-0.3, -0.25) is 4.98 Å². The van der Waals surface area contributed by atoms with Crippen LogP contribution in [0.15, 0.2) is 164 Å². The predicted molar refractivity (Wildman–Crippen MR) is 207 cm³/mol. The summed E-state index contributed by atoms with van der Waals surface area (Å²) in [5.74, 6) is 0. The highest BCUT2D eigenvalue weighted by atomic mass is 14.8. The van der Waals surface area contributed by atoms with E-state index in [4.69, 9.17) is 9.97 Å². The van der Waals surface area contributed by atoms with Crippen LogP contribution in [0.3, 0.4) is 0 Å². The SMILES string of the molecule is c1ccc(-c2ccc(-c3ccc4c(n3)-c3nc(-c5cccc(-c6ccc7c8ccccc8c8ccccc8c7c6)c5)ccc3CC4)cc2)nc1. The summed E-state index contributed by atoms with van der Waals surface area (Å²) in [6.45, 7) is 0. The van der Waals surface area contributed by atoms with Gasteiger partial charge in [-0.2, -0.15) is 0 Å². The van der Waals surface area contributed by atoms with Gasteiger partial charge in [0.25, 0.3) is 0 Å². The zero-order valence-electron chi connectivity index (χ0n) is 27.3. The summed E-state index contributed by atoms with van der Waals surface area (Å²) in [5, 5.41) is 7.72. The summed E-state index contributed by atoms with van der Waals surface area (Å²) in [6.07, 6.45) is 3.77. The monoisotopic (exact) mass is 637 g/mol. The average molecular weight is 638 g/mol. The van der Waals surface area contributed by atoms with E-state index in [2.05, 4.69) is 145 Å². The molecular formula is C47H31N3. The number of hydrogen-bond donors (Lipinski definition) is 0. The van der Waals surface area contributed by atoms with Gasteiger partial charge in [-0.15, -0.1) is 0 Å². The lowest BCUT2D eigenvalue weighted by Gasteiger charge is -2.20. The Labute approximate surface area is 290 Å². The molecule has 1 aliphatic carbocycles. The van der Waals surface area contributed by atoms with Crippen molar-refractivity contribution in [2.45, 2.75) is 12.8 Å². The van der Waals surface area contributed by atoms with Crippen LogP contribution in [-0.2, 0) is 12.8 Å². The van der Waals surface area contributed by atoms with Gasteiger partial charge >= 0.3 is 0 Å². The molecule has 234 valence electrons. The van der Waals surface area contributed by atoms with Gasteiger partial charge < -0.3 is 0 Å². The Kier molecular flexibility index (Phi) is 6.63. The minimum atomic E-state index is 0.954. The minimum Gasteiger partial charge on any atom is -0.256 e. The average Bonchev–Trinajstić information content (AvgIpc) is 3.21. The summed E-state index contributed by atoms with van der Waals surface area (Å²) < 4.78 is 0. The lowest BCUT2D eigenvalue weighted by molar-refractivity contribution is 0.914. The molecule has 0 saturated heterocycles. The van der Waals surface area contributed by atoms with E-state index in [1.807, 2.05) is 24.4 Å². The normalized spacial score (nSPS) is 12.2. The number of hydrogen-bond acceptors (Lipinski definition) is 3. The molecule has 0 fully saturated rings. The van der Waals surface area contributed by atoms with Crippen LogP contribution in [-0.4, -0.2) is 15.0 Å². The number of rotatable bonds is 4. The van der Waals surface area contributed by atoms with Gasteiger partial charge in [-0.05, 0) is 104 Å². The number of pyridine rings is 3. The molecule has 6 aromatic carbocycles. The lowest BCUT2D eigenvalue weighted by Crippen LogP contribution is -2.08. The van der Waals surface area contributed by atoms with Gasteiger partial charge in [-0.25, -0.2) is 9.97 Å². The molecule has 0 atom stereocenters. The lowest BCUT2D eigenvalue weighted by atomic mass is 9.90. The van der Waals surface area contributed by atoms with Crippen molar-refractivity contribution in [3.05, 3.63) is 175 Å². The van der Waals surface area contributed by atoms with Crippen LogP contribution in [0.4, 0.5) is 0 Å². The number of nitrogens with zero attached hydrogens (tertiary/aromatic N) is 3. The first-order valence-corrected chi connectivity index (χ1v) is 17.2. The highest BCUT2D eigenvalue weighted by molar-refractivity contribution is 6.25. The zero-order valence-corrected chi connectivity index (χ0v) is 27.3. The van der Waals surface area contributed by atoms with Crippen molar-refractivity contribution in [2.75, 3.05) is 0 Å². The van der Waals surface area contributed by atoms with Crippen LogP contribution in [0.2, 0.25) is 0 Å². The molecule has 0 bridgehead atoms. The zero-order chi connectivity index (χ0) is 33.0. The van der Waals surface area contributed by atoms with Crippen LogP contribution in [0.5, 0.6) is 0 Å². The van der Waals surface area contributed by atoms with Crippen LogP contribution in [0.25, 0.3) is 88.6 Å². The van der Waals surface area contributed by atoms with E-state index >= 15 is 0 Å². The third-order valence-corrected chi connectivity index (χ3v) is 10.2. The Bertz CT molecular complexity index is 2710. The van der Waals surface area contributed by atoms with E-state index in [9.17, 15) is 0 Å². The molecule has 0 N–H and O–H groups in total. The Morgan fingerprint density at radius 3 is 1.44 bits per heavy atom. The highest BCUT2D eigenvalue weighted by Crippen LogP contribution is 2.39. The van der Waals surface area contributed by atoms with Crippen molar-refractivity contribution in [1.82, 2.24) is 15.0 Å². The van der Waals surface area contributed by atoms with Crippen molar-refractivity contribution in [1.29, 1.82) is 0 Å². The highest BCUT2D eigenvalue weighted by Gasteiger charge is 2.21. The fraction of sp³-hybridized carbons (Fsp3) is 0.0426. The van der Waals surface area contributed by atoms with E-state index in [1.165, 1.54) is 54.6 Å². The Morgan fingerprint density at radius 2 is 0.820 bits per heavy atom. The van der Waals surface area contributed by atoms with Crippen molar-refractivity contribution in [2.24, 2.45) is 0 Å². The standard InChI is InChI=1S/C47H31N3/c1-2-12-39-37(10-1)38-11-3-4-13-40(38)42-29-35(21-24-41(39)42)34-8-7-9-36(28-34)45-26-23-33-20-19-32-22-25-44(49-46(32)47(33)50-45)31-17-15-30(16-18-31)43-14-5-6-27-48-43/h1-18,21-29H,19-20H2. The predicted octanol–water partition coefficient (Wildman–Crippen LogP) is 11.8. The third-order valence-electron chi connectivity index (χ3n) is 10.2. The summed E-state index contributed by atoms with van der Waals surface area (Å²) in [6, 6.07) is 56.5. The molecule has 0 radical (unpaired) electrons. The maximum absolute atomic E-state index is 5.30. The number of benzene rings is 6. The molecule has 50 heavy (non-hydrogen) atoms. The maximum atomic E-state index is 5.30. The van der Waals surface area contributed by atoms with Crippen LogP contribution < -0.4 is 0 Å². The van der Waals surface area contributed by atoms with Gasteiger partial charge in [0.15, 0.2) is 0 Å². The molecule has 0 saturated carbocycles. The van der Waals surface area contributed by atoms with Crippen LogP contribution >= 0.6 is 0 Å². The van der Waals surface area contributed by atoms with Gasteiger partial charge in [-0.1, -0.05) is 121 Å². The molecule has 3 heteroatoms. The van der Waals surface area contributed by atoms with Crippen molar-refractivity contribution >= 4 is 32.3 Å². The third kappa shape index (κ3) is 4.78. The fourth-order valence-corrected chi connectivity index (χ4v) is 7.67. The summed E-state index contributed by atoms with van der Waals surface area (Å²) in [4.78, 5) is 15.0. The van der Waals surface area contributed by atoms with E-state index in [0.717, 1.165) is 58.0 Å². The molecule has 1 aliphatic rings. The van der Waals surface area contributed by atoms with E-state index in [-0.39, 0.29) is 0 Å². The molecule has 9 aromatic rings. The summed E-state index contributed by atoms with van der Waals surface area (Å²) in [7, 11) is 0. The van der Waals surface area contributed by atoms with Gasteiger partial charge in [0.2, 0.25) is 0 Å². The summed E-state index contributed by atoms with van der Waals surface area (Å²) in [5.41, 5.74) is 13.0. The molecule has 10 rings (SSSR count). The van der Waals surface area contributed by atoms with Crippen LogP contribution in [0.1, 0.15) is 11.1 Å². The van der Waals surface area contributed by atoms with E-state index < -0.39 is 0 Å². The molecule has 3 heterocycles. The van der Waals surface area contributed by atoms with Crippen LogP contribution in [0, 0.1) is 0 Å². The van der Waals surface area contributed by atoms with Gasteiger partial charge in [0.05, 0.1) is 28.5 Å². The Hall–Kier alpha value is -6.45. The largest absolute Gasteiger partial charge is 0.256 e. The first-order chi connectivity index (χ1) is 24.8. The first kappa shape index (κ1) is 28.6. The van der Waals surface area contributed by atoms with Gasteiger partial charge in [0, 0.05) is 22.9 Å². The molecule has 0 amide bonds. The molecule has 0 spiro atoms.